The first-order chi connectivity index (χ1) is 12.6. The Morgan fingerprint density at radius 1 is 0.704 bits per heavy atom. The van der Waals surface area contributed by atoms with E-state index in [1.165, 1.54) is 0 Å². The quantitative estimate of drug-likeness (QED) is 0.199. The predicted octanol–water partition coefficient (Wildman–Crippen LogP) is 7.36. The van der Waals surface area contributed by atoms with E-state index in [4.69, 9.17) is 19.6 Å². The average molecular weight is 387 g/mol. The van der Waals surface area contributed by atoms with E-state index in [1.807, 2.05) is 0 Å². The molecule has 1 atom stereocenters. The van der Waals surface area contributed by atoms with E-state index in [9.17, 15) is 0 Å². The van der Waals surface area contributed by atoms with Gasteiger partial charge in [-0.15, -0.1) is 0 Å². The first-order valence-corrected chi connectivity index (χ1v) is 11.3. The van der Waals surface area contributed by atoms with Crippen LogP contribution in [0.2, 0.25) is 0 Å². The molecule has 0 N–H and O–H groups in total. The highest BCUT2D eigenvalue weighted by Gasteiger charge is 2.49. The zero-order chi connectivity index (χ0) is 20.8. The van der Waals surface area contributed by atoms with Crippen molar-refractivity contribution in [2.45, 2.75) is 137 Å². The van der Waals surface area contributed by atoms with Gasteiger partial charge in [0.05, 0.1) is 0 Å². The average Bonchev–Trinajstić information content (AvgIpc) is 2.68. The molecule has 0 aromatic heterocycles. The topological polar surface area (TPSA) is 36.9 Å². The van der Waals surface area contributed by atoms with Crippen molar-refractivity contribution in [3.05, 3.63) is 0 Å². The summed E-state index contributed by atoms with van der Waals surface area (Å²) in [6.07, 6.45) is 8.09. The Labute approximate surface area is 168 Å². The maximum Gasteiger partial charge on any atom is 0.234 e. The standard InChI is InChI=1S/C23H46O4/c1-10-21(11-2,12-3)24-26-23(17-16-20(8,9)19(7)18-23)27-25-22(13-4,14-5)15-6/h19H,10-18H2,1-9H3. The highest BCUT2D eigenvalue weighted by atomic mass is 17.3. The van der Waals surface area contributed by atoms with Gasteiger partial charge in [0.15, 0.2) is 0 Å². The molecule has 1 saturated carbocycles. The molecule has 0 aromatic carbocycles. The van der Waals surface area contributed by atoms with Crippen molar-refractivity contribution >= 4 is 0 Å². The van der Waals surface area contributed by atoms with Crippen LogP contribution in [0, 0.1) is 11.3 Å². The van der Waals surface area contributed by atoms with Gasteiger partial charge in [-0.25, -0.2) is 9.78 Å². The predicted molar refractivity (Wildman–Crippen MR) is 111 cm³/mol. The lowest BCUT2D eigenvalue weighted by atomic mass is 9.68. The normalized spacial score (nSPS) is 22.8. The Morgan fingerprint density at radius 3 is 1.37 bits per heavy atom. The van der Waals surface area contributed by atoms with Gasteiger partial charge in [-0.3, -0.25) is 0 Å². The van der Waals surface area contributed by atoms with Gasteiger partial charge in [0.25, 0.3) is 0 Å². The van der Waals surface area contributed by atoms with Crippen LogP contribution in [-0.2, 0) is 19.6 Å². The fourth-order valence-electron chi connectivity index (χ4n) is 3.95. The van der Waals surface area contributed by atoms with E-state index in [0.29, 0.717) is 5.92 Å². The zero-order valence-electron chi connectivity index (χ0n) is 19.6. The van der Waals surface area contributed by atoms with Gasteiger partial charge in [-0.05, 0) is 56.3 Å². The van der Waals surface area contributed by atoms with Gasteiger partial charge in [0.2, 0.25) is 5.79 Å². The maximum atomic E-state index is 6.15. The summed E-state index contributed by atoms with van der Waals surface area (Å²) in [5.41, 5.74) is -0.251. The van der Waals surface area contributed by atoms with Crippen LogP contribution in [-0.4, -0.2) is 17.0 Å². The molecule has 4 nitrogen and oxygen atoms in total. The molecule has 162 valence electrons. The van der Waals surface area contributed by atoms with Gasteiger partial charge < -0.3 is 0 Å². The molecule has 27 heavy (non-hydrogen) atoms. The van der Waals surface area contributed by atoms with Gasteiger partial charge in [0.1, 0.15) is 11.2 Å². The Bertz CT molecular complexity index is 384. The number of rotatable bonds is 12. The molecule has 1 aliphatic rings. The molecule has 0 radical (unpaired) electrons. The second kappa shape index (κ2) is 10.0. The second-order valence-corrected chi connectivity index (χ2v) is 9.33. The smallest absolute Gasteiger partial charge is 0.227 e. The monoisotopic (exact) mass is 386 g/mol. The van der Waals surface area contributed by atoms with Gasteiger partial charge in [-0.1, -0.05) is 62.3 Å². The summed E-state index contributed by atoms with van der Waals surface area (Å²) in [7, 11) is 0. The van der Waals surface area contributed by atoms with Crippen LogP contribution >= 0.6 is 0 Å². The third-order valence-corrected chi connectivity index (χ3v) is 7.71. The van der Waals surface area contributed by atoms with Crippen LogP contribution in [0.5, 0.6) is 0 Å². The minimum absolute atomic E-state index is 0.260. The summed E-state index contributed by atoms with van der Waals surface area (Å²) < 4.78 is 0. The Hall–Kier alpha value is -0.160. The zero-order valence-corrected chi connectivity index (χ0v) is 19.6. The van der Waals surface area contributed by atoms with Crippen molar-refractivity contribution in [2.24, 2.45) is 11.3 Å². The molecule has 1 rings (SSSR count). The lowest BCUT2D eigenvalue weighted by Crippen LogP contribution is -2.49. The fourth-order valence-corrected chi connectivity index (χ4v) is 3.95. The largest absolute Gasteiger partial charge is 0.234 e. The lowest BCUT2D eigenvalue weighted by Gasteiger charge is -2.47. The van der Waals surface area contributed by atoms with Gasteiger partial charge >= 0.3 is 0 Å². The maximum absolute atomic E-state index is 6.15. The summed E-state index contributed by atoms with van der Waals surface area (Å²) in [6.45, 7) is 19.9. The van der Waals surface area contributed by atoms with Crippen LogP contribution in [0.1, 0.15) is 120 Å². The van der Waals surface area contributed by atoms with E-state index in [-0.39, 0.29) is 16.6 Å². The van der Waals surface area contributed by atoms with Crippen molar-refractivity contribution < 1.29 is 19.6 Å². The SMILES string of the molecule is CCC(CC)(CC)OOC1(OOC(CC)(CC)CC)CCC(C)(C)C(C)C1. The minimum Gasteiger partial charge on any atom is -0.227 e. The lowest BCUT2D eigenvalue weighted by molar-refractivity contribution is -0.556. The molecule has 4 heteroatoms. The fraction of sp³-hybridized carbons (Fsp3) is 1.00. The van der Waals surface area contributed by atoms with Crippen molar-refractivity contribution in [2.75, 3.05) is 0 Å². The molecule has 1 aliphatic carbocycles. The molecule has 1 unspecified atom stereocenters. The highest BCUT2D eigenvalue weighted by molar-refractivity contribution is 4.89. The van der Waals surface area contributed by atoms with Crippen LogP contribution in [0.4, 0.5) is 0 Å². The summed E-state index contributed by atoms with van der Waals surface area (Å²) in [6, 6.07) is 0. The van der Waals surface area contributed by atoms with E-state index < -0.39 is 5.79 Å². The first kappa shape index (κ1) is 24.9. The van der Waals surface area contributed by atoms with E-state index >= 15 is 0 Å². The molecular formula is C23H46O4. The summed E-state index contributed by atoms with van der Waals surface area (Å²) in [5, 5.41) is 0. The second-order valence-electron chi connectivity index (χ2n) is 9.33. The molecule has 0 spiro atoms. The van der Waals surface area contributed by atoms with Crippen molar-refractivity contribution in [1.82, 2.24) is 0 Å². The van der Waals surface area contributed by atoms with E-state index in [0.717, 1.165) is 57.8 Å². The molecule has 1 fully saturated rings. The number of hydrogen-bond donors (Lipinski definition) is 0. The summed E-state index contributed by atoms with van der Waals surface area (Å²) in [4.78, 5) is 24.5. The van der Waals surface area contributed by atoms with E-state index in [2.05, 4.69) is 62.3 Å². The van der Waals surface area contributed by atoms with Crippen LogP contribution in [0.15, 0.2) is 0 Å². The minimum atomic E-state index is -0.829. The van der Waals surface area contributed by atoms with E-state index in [1.54, 1.807) is 0 Å². The van der Waals surface area contributed by atoms with Gasteiger partial charge in [-0.2, -0.15) is 9.78 Å². The summed E-state index contributed by atoms with van der Waals surface area (Å²) >= 11 is 0. The molecule has 0 saturated heterocycles. The highest BCUT2D eigenvalue weighted by Crippen LogP contribution is 2.48. The van der Waals surface area contributed by atoms with Gasteiger partial charge in [0, 0.05) is 12.8 Å². The molecule has 0 aromatic rings. The van der Waals surface area contributed by atoms with Crippen molar-refractivity contribution in [1.29, 1.82) is 0 Å². The van der Waals surface area contributed by atoms with Crippen LogP contribution in [0.3, 0.4) is 0 Å². The Morgan fingerprint density at radius 2 is 1.07 bits per heavy atom. The molecular weight excluding hydrogens is 340 g/mol. The number of hydrogen-bond acceptors (Lipinski definition) is 4. The molecule has 0 aliphatic heterocycles. The Balaban J connectivity index is 3.00. The molecule has 0 bridgehead atoms. The molecule has 0 heterocycles. The molecule has 0 amide bonds. The van der Waals surface area contributed by atoms with Crippen LogP contribution < -0.4 is 0 Å². The first-order valence-electron chi connectivity index (χ1n) is 11.3. The van der Waals surface area contributed by atoms with Crippen molar-refractivity contribution in [3.8, 4) is 0 Å². The third kappa shape index (κ3) is 5.91. The van der Waals surface area contributed by atoms with Crippen LogP contribution in [0.25, 0.3) is 0 Å². The summed E-state index contributed by atoms with van der Waals surface area (Å²) in [5.74, 6) is -0.373. The Kier molecular flexibility index (Phi) is 9.26. The third-order valence-electron chi connectivity index (χ3n) is 7.71. The van der Waals surface area contributed by atoms with Crippen molar-refractivity contribution in [3.63, 3.8) is 0 Å².